The van der Waals surface area contributed by atoms with E-state index in [9.17, 15) is 13.2 Å². The molecule has 6 heteroatoms. The predicted molar refractivity (Wildman–Crippen MR) is 70.9 cm³/mol. The Kier molecular flexibility index (Phi) is 3.85. The molecule has 108 valence electrons. The minimum absolute atomic E-state index is 0.0415. The second-order valence-corrected chi connectivity index (χ2v) is 4.84. The Labute approximate surface area is 115 Å². The van der Waals surface area contributed by atoms with Crippen LogP contribution in [0.3, 0.4) is 0 Å². The first-order chi connectivity index (χ1) is 9.34. The topological polar surface area (TPSA) is 43.8 Å². The van der Waals surface area contributed by atoms with Crippen molar-refractivity contribution in [3.05, 3.63) is 41.6 Å². The second kappa shape index (κ2) is 5.28. The summed E-state index contributed by atoms with van der Waals surface area (Å²) in [7, 11) is 0. The van der Waals surface area contributed by atoms with Gasteiger partial charge in [0.25, 0.3) is 0 Å². The molecule has 20 heavy (non-hydrogen) atoms. The molecule has 1 heterocycles. The van der Waals surface area contributed by atoms with Gasteiger partial charge >= 0.3 is 6.18 Å². The fourth-order valence-electron chi connectivity index (χ4n) is 2.10. The van der Waals surface area contributed by atoms with Gasteiger partial charge in [-0.3, -0.25) is 4.68 Å². The van der Waals surface area contributed by atoms with Crippen molar-refractivity contribution in [1.82, 2.24) is 9.78 Å². The van der Waals surface area contributed by atoms with Crippen molar-refractivity contribution in [2.45, 2.75) is 32.6 Å². The van der Waals surface area contributed by atoms with Gasteiger partial charge in [-0.05, 0) is 26.0 Å². The fraction of sp³-hybridized carbons (Fsp3) is 0.357. The maximum absolute atomic E-state index is 12.8. The van der Waals surface area contributed by atoms with Gasteiger partial charge in [-0.1, -0.05) is 12.1 Å². The van der Waals surface area contributed by atoms with Gasteiger partial charge in [-0.2, -0.15) is 18.3 Å². The first kappa shape index (κ1) is 14.6. The van der Waals surface area contributed by atoms with Crippen LogP contribution in [0.2, 0.25) is 0 Å². The molecule has 0 amide bonds. The molecule has 0 radical (unpaired) electrons. The van der Waals surface area contributed by atoms with Crippen molar-refractivity contribution in [2.75, 3.05) is 0 Å². The van der Waals surface area contributed by atoms with Crippen molar-refractivity contribution >= 4 is 0 Å². The van der Waals surface area contributed by atoms with Crippen LogP contribution in [-0.4, -0.2) is 9.78 Å². The number of nitrogens with zero attached hydrogens (tertiary/aromatic N) is 2. The maximum atomic E-state index is 12.8. The molecule has 3 nitrogen and oxygen atoms in total. The molecule has 0 aliphatic rings. The molecule has 2 rings (SSSR count). The van der Waals surface area contributed by atoms with E-state index in [0.29, 0.717) is 11.3 Å². The molecule has 0 unspecified atom stereocenters. The van der Waals surface area contributed by atoms with E-state index < -0.39 is 11.7 Å². The van der Waals surface area contributed by atoms with Crippen molar-refractivity contribution in [3.8, 4) is 11.3 Å². The van der Waals surface area contributed by atoms with Gasteiger partial charge in [0.05, 0.1) is 17.5 Å². The van der Waals surface area contributed by atoms with Crippen LogP contribution >= 0.6 is 0 Å². The average Bonchev–Trinajstić information content (AvgIpc) is 2.81. The molecule has 0 saturated carbocycles. The first-order valence-corrected chi connectivity index (χ1v) is 6.28. The molecule has 0 fully saturated rings. The zero-order valence-corrected chi connectivity index (χ0v) is 11.3. The van der Waals surface area contributed by atoms with Gasteiger partial charge in [0.1, 0.15) is 0 Å². The lowest BCUT2D eigenvalue weighted by molar-refractivity contribution is -0.137. The summed E-state index contributed by atoms with van der Waals surface area (Å²) in [4.78, 5) is 0. The smallest absolute Gasteiger partial charge is 0.326 e. The minimum Gasteiger partial charge on any atom is -0.326 e. The first-order valence-electron chi connectivity index (χ1n) is 6.28. The van der Waals surface area contributed by atoms with Crippen LogP contribution in [-0.2, 0) is 12.7 Å². The quantitative estimate of drug-likeness (QED) is 0.935. The lowest BCUT2D eigenvalue weighted by Gasteiger charge is -2.14. The number of rotatable bonds is 3. The van der Waals surface area contributed by atoms with Crippen LogP contribution in [0.15, 0.2) is 30.5 Å². The molecule has 0 saturated heterocycles. The average molecular weight is 283 g/mol. The van der Waals surface area contributed by atoms with Crippen molar-refractivity contribution in [1.29, 1.82) is 0 Å². The Morgan fingerprint density at radius 2 is 2.00 bits per heavy atom. The van der Waals surface area contributed by atoms with Gasteiger partial charge < -0.3 is 5.73 Å². The number of halogens is 3. The fourth-order valence-corrected chi connectivity index (χ4v) is 2.10. The molecule has 0 spiro atoms. The zero-order valence-electron chi connectivity index (χ0n) is 11.3. The summed E-state index contributed by atoms with van der Waals surface area (Å²) in [5.41, 5.74) is 6.84. The number of hydrogen-bond donors (Lipinski definition) is 1. The van der Waals surface area contributed by atoms with Crippen LogP contribution in [0.1, 0.15) is 31.0 Å². The van der Waals surface area contributed by atoms with Crippen LogP contribution in [0.4, 0.5) is 13.2 Å². The molecule has 1 aromatic carbocycles. The Morgan fingerprint density at radius 1 is 1.30 bits per heavy atom. The number of aromatic nitrogens is 2. The Morgan fingerprint density at radius 3 is 2.55 bits per heavy atom. The van der Waals surface area contributed by atoms with E-state index in [1.54, 1.807) is 16.9 Å². The van der Waals surface area contributed by atoms with Gasteiger partial charge in [-0.25, -0.2) is 0 Å². The van der Waals surface area contributed by atoms with Crippen molar-refractivity contribution < 1.29 is 13.2 Å². The number of benzene rings is 1. The normalized spacial score (nSPS) is 12.2. The Hall–Kier alpha value is -1.82. The van der Waals surface area contributed by atoms with Crippen LogP contribution in [0.5, 0.6) is 0 Å². The summed E-state index contributed by atoms with van der Waals surface area (Å²) in [5.74, 6) is 0. The third-order valence-electron chi connectivity index (χ3n) is 3.04. The highest BCUT2D eigenvalue weighted by Gasteiger charge is 2.31. The third kappa shape index (κ3) is 2.70. The third-order valence-corrected chi connectivity index (χ3v) is 3.04. The Balaban J connectivity index is 2.59. The number of hydrogen-bond acceptors (Lipinski definition) is 2. The lowest BCUT2D eigenvalue weighted by Crippen LogP contribution is -2.08. The summed E-state index contributed by atoms with van der Waals surface area (Å²) in [5, 5.41) is 4.21. The lowest BCUT2D eigenvalue weighted by atomic mass is 10.0. The van der Waals surface area contributed by atoms with Gasteiger partial charge in [0, 0.05) is 23.7 Å². The predicted octanol–water partition coefficient (Wildman–Crippen LogP) is 3.61. The highest BCUT2D eigenvalue weighted by Crippen LogP contribution is 2.33. The van der Waals surface area contributed by atoms with E-state index in [-0.39, 0.29) is 12.6 Å². The summed E-state index contributed by atoms with van der Waals surface area (Å²) in [6.07, 6.45) is -2.75. The molecule has 0 bridgehead atoms. The van der Waals surface area contributed by atoms with Crippen LogP contribution in [0, 0.1) is 0 Å². The second-order valence-electron chi connectivity index (χ2n) is 4.84. The van der Waals surface area contributed by atoms with E-state index in [1.165, 1.54) is 6.07 Å². The van der Waals surface area contributed by atoms with E-state index in [2.05, 4.69) is 5.10 Å². The summed E-state index contributed by atoms with van der Waals surface area (Å²) in [6.45, 7) is 4.08. The van der Waals surface area contributed by atoms with Crippen molar-refractivity contribution in [3.63, 3.8) is 0 Å². The van der Waals surface area contributed by atoms with Gasteiger partial charge in [-0.15, -0.1) is 0 Å². The number of nitrogens with two attached hydrogens (primary N) is 1. The van der Waals surface area contributed by atoms with Crippen LogP contribution < -0.4 is 5.73 Å². The van der Waals surface area contributed by atoms with Gasteiger partial charge in [0.15, 0.2) is 0 Å². The van der Waals surface area contributed by atoms with E-state index in [4.69, 9.17) is 5.73 Å². The molecule has 1 aromatic heterocycles. The van der Waals surface area contributed by atoms with Crippen LogP contribution in [0.25, 0.3) is 11.3 Å². The monoisotopic (exact) mass is 283 g/mol. The van der Waals surface area contributed by atoms with E-state index in [1.807, 2.05) is 13.8 Å². The van der Waals surface area contributed by atoms with E-state index >= 15 is 0 Å². The SMILES string of the molecule is CC(C)n1ncc(CN)c1-c1cccc(C(F)(F)F)c1. The number of alkyl halides is 3. The van der Waals surface area contributed by atoms with E-state index in [0.717, 1.165) is 17.7 Å². The van der Waals surface area contributed by atoms with Crippen molar-refractivity contribution in [2.24, 2.45) is 5.73 Å². The largest absolute Gasteiger partial charge is 0.416 e. The maximum Gasteiger partial charge on any atom is 0.416 e. The summed E-state index contributed by atoms with van der Waals surface area (Å²) < 4.78 is 40.1. The molecular weight excluding hydrogens is 267 g/mol. The molecule has 2 N–H and O–H groups in total. The summed E-state index contributed by atoms with van der Waals surface area (Å²) >= 11 is 0. The van der Waals surface area contributed by atoms with Gasteiger partial charge in [0.2, 0.25) is 0 Å². The highest BCUT2D eigenvalue weighted by atomic mass is 19.4. The molecular formula is C14H16F3N3. The molecule has 0 aliphatic heterocycles. The molecule has 0 aliphatic carbocycles. The molecule has 2 aromatic rings. The molecule has 0 atom stereocenters. The summed E-state index contributed by atoms with van der Waals surface area (Å²) in [6, 6.07) is 5.27. The Bertz CT molecular complexity index is 600. The highest BCUT2D eigenvalue weighted by molar-refractivity contribution is 5.64. The zero-order chi connectivity index (χ0) is 14.9. The minimum atomic E-state index is -4.36. The standard InChI is InChI=1S/C14H16F3N3/c1-9(2)20-13(11(7-18)8-19-20)10-4-3-5-12(6-10)14(15,16)17/h3-6,8-9H,7,18H2,1-2H3.